The van der Waals surface area contributed by atoms with Gasteiger partial charge in [0.25, 0.3) is 5.91 Å². The van der Waals surface area contributed by atoms with Crippen molar-refractivity contribution in [1.29, 1.82) is 0 Å². The molecule has 1 fully saturated rings. The SMILES string of the molecule is CCc1nnsc1C(=O)N1CCCC(c2cc(-c3ccc(N)nc3)cc(C)n2)C1. The van der Waals surface area contributed by atoms with Gasteiger partial charge in [-0.3, -0.25) is 9.78 Å². The highest BCUT2D eigenvalue weighted by Crippen LogP contribution is 2.30. The van der Waals surface area contributed by atoms with Crippen LogP contribution in [0.1, 0.15) is 52.4 Å². The molecule has 3 aromatic rings. The summed E-state index contributed by atoms with van der Waals surface area (Å²) in [6, 6.07) is 7.95. The molecular formula is C21H24N6OS. The number of carbonyl (C=O) groups excluding carboxylic acids is 1. The van der Waals surface area contributed by atoms with Gasteiger partial charge >= 0.3 is 0 Å². The van der Waals surface area contributed by atoms with Crippen molar-refractivity contribution in [2.24, 2.45) is 0 Å². The number of rotatable bonds is 4. The van der Waals surface area contributed by atoms with Gasteiger partial charge in [0.15, 0.2) is 0 Å². The van der Waals surface area contributed by atoms with Gasteiger partial charge in [0.2, 0.25) is 0 Å². The van der Waals surface area contributed by atoms with Gasteiger partial charge in [-0.2, -0.15) is 0 Å². The molecule has 8 heteroatoms. The minimum atomic E-state index is 0.0390. The van der Waals surface area contributed by atoms with Gasteiger partial charge < -0.3 is 10.6 Å². The number of aromatic nitrogens is 4. The van der Waals surface area contributed by atoms with Gasteiger partial charge in [0.1, 0.15) is 10.7 Å². The third-order valence-electron chi connectivity index (χ3n) is 5.30. The maximum Gasteiger partial charge on any atom is 0.267 e. The van der Waals surface area contributed by atoms with Gasteiger partial charge in [-0.25, -0.2) is 4.98 Å². The van der Waals surface area contributed by atoms with E-state index < -0.39 is 0 Å². The van der Waals surface area contributed by atoms with Gasteiger partial charge in [-0.15, -0.1) is 5.10 Å². The third-order valence-corrected chi connectivity index (χ3v) is 6.06. The molecule has 150 valence electrons. The van der Waals surface area contributed by atoms with Crippen molar-refractivity contribution < 1.29 is 4.79 Å². The van der Waals surface area contributed by atoms with Crippen LogP contribution in [0.4, 0.5) is 5.82 Å². The number of likely N-dealkylation sites (tertiary alicyclic amines) is 1. The molecule has 0 spiro atoms. The molecule has 0 aliphatic carbocycles. The fourth-order valence-corrected chi connectivity index (χ4v) is 4.51. The molecule has 2 N–H and O–H groups in total. The van der Waals surface area contributed by atoms with E-state index in [4.69, 9.17) is 10.7 Å². The van der Waals surface area contributed by atoms with Crippen molar-refractivity contribution in [3.05, 3.63) is 52.4 Å². The van der Waals surface area contributed by atoms with E-state index in [-0.39, 0.29) is 11.8 Å². The van der Waals surface area contributed by atoms with Gasteiger partial charge in [0, 0.05) is 42.2 Å². The number of pyridine rings is 2. The average Bonchev–Trinajstić information content (AvgIpc) is 3.22. The summed E-state index contributed by atoms with van der Waals surface area (Å²) in [7, 11) is 0. The normalized spacial score (nSPS) is 16.8. The van der Waals surface area contributed by atoms with Crippen molar-refractivity contribution in [1.82, 2.24) is 24.5 Å². The van der Waals surface area contributed by atoms with E-state index in [0.717, 1.165) is 47.6 Å². The minimum Gasteiger partial charge on any atom is -0.384 e. The molecule has 1 aliphatic heterocycles. The molecule has 1 saturated heterocycles. The molecule has 29 heavy (non-hydrogen) atoms. The Balaban J connectivity index is 1.58. The number of nitrogens with two attached hydrogens (primary N) is 1. The smallest absolute Gasteiger partial charge is 0.267 e. The van der Waals surface area contributed by atoms with Crippen LogP contribution in [0.5, 0.6) is 0 Å². The number of hydrogen-bond acceptors (Lipinski definition) is 7. The molecular weight excluding hydrogens is 384 g/mol. The van der Waals surface area contributed by atoms with Gasteiger partial charge in [-0.05, 0) is 67.5 Å². The average molecular weight is 409 g/mol. The molecule has 0 radical (unpaired) electrons. The summed E-state index contributed by atoms with van der Waals surface area (Å²) in [4.78, 5) is 24.6. The monoisotopic (exact) mass is 408 g/mol. The first-order valence-electron chi connectivity index (χ1n) is 9.86. The first-order valence-corrected chi connectivity index (χ1v) is 10.6. The third kappa shape index (κ3) is 4.12. The number of hydrogen-bond donors (Lipinski definition) is 1. The summed E-state index contributed by atoms with van der Waals surface area (Å²) in [6.07, 6.45) is 4.47. The molecule has 0 aromatic carbocycles. The quantitative estimate of drug-likeness (QED) is 0.710. The molecule has 1 unspecified atom stereocenters. The highest BCUT2D eigenvalue weighted by molar-refractivity contribution is 7.08. The second kappa shape index (κ2) is 8.24. The lowest BCUT2D eigenvalue weighted by Gasteiger charge is -2.32. The van der Waals surface area contributed by atoms with Crippen LogP contribution in [0.3, 0.4) is 0 Å². The van der Waals surface area contributed by atoms with Crippen molar-refractivity contribution in [2.45, 2.75) is 39.0 Å². The van der Waals surface area contributed by atoms with E-state index in [1.54, 1.807) is 12.3 Å². The first-order chi connectivity index (χ1) is 14.0. The number of piperidine rings is 1. The lowest BCUT2D eigenvalue weighted by atomic mass is 9.92. The fraction of sp³-hybridized carbons (Fsp3) is 0.381. The summed E-state index contributed by atoms with van der Waals surface area (Å²) in [6.45, 7) is 5.42. The number of anilines is 1. The van der Waals surface area contributed by atoms with Crippen molar-refractivity contribution in [3.8, 4) is 11.1 Å². The highest BCUT2D eigenvalue weighted by atomic mass is 32.1. The second-order valence-corrected chi connectivity index (χ2v) is 8.14. The van der Waals surface area contributed by atoms with Gasteiger partial charge in [-0.1, -0.05) is 11.4 Å². The number of amides is 1. The Kier molecular flexibility index (Phi) is 5.53. The summed E-state index contributed by atoms with van der Waals surface area (Å²) in [5.41, 5.74) is 10.6. The Morgan fingerprint density at radius 1 is 1.31 bits per heavy atom. The first kappa shape index (κ1) is 19.4. The van der Waals surface area contributed by atoms with Crippen LogP contribution in [-0.2, 0) is 6.42 Å². The standard InChI is InChI=1S/C21H24N6OS/c1-3-17-20(29-26-25-17)21(28)27-8-4-5-15(12-27)18-10-16(9-13(2)24-18)14-6-7-19(22)23-11-14/h6-7,9-11,15H,3-5,8,12H2,1-2H3,(H2,22,23). The number of aryl methyl sites for hydroxylation is 2. The molecule has 0 bridgehead atoms. The maximum atomic E-state index is 13.0. The zero-order valence-electron chi connectivity index (χ0n) is 16.6. The Bertz CT molecular complexity index is 1020. The van der Waals surface area contributed by atoms with Crippen molar-refractivity contribution in [3.63, 3.8) is 0 Å². The molecule has 7 nitrogen and oxygen atoms in total. The second-order valence-electron chi connectivity index (χ2n) is 7.39. The molecule has 1 atom stereocenters. The van der Waals surface area contributed by atoms with Crippen LogP contribution in [0.15, 0.2) is 30.5 Å². The maximum absolute atomic E-state index is 13.0. The highest BCUT2D eigenvalue weighted by Gasteiger charge is 2.29. The predicted octanol–water partition coefficient (Wildman–Crippen LogP) is 3.47. The van der Waals surface area contributed by atoms with E-state index in [0.29, 0.717) is 23.7 Å². The molecule has 0 saturated carbocycles. The topological polar surface area (TPSA) is 97.9 Å². The number of carbonyl (C=O) groups is 1. The Hall–Kier alpha value is -2.87. The van der Waals surface area contributed by atoms with E-state index in [9.17, 15) is 4.79 Å². The van der Waals surface area contributed by atoms with Crippen LogP contribution in [0.25, 0.3) is 11.1 Å². The lowest BCUT2D eigenvalue weighted by Crippen LogP contribution is -2.39. The molecule has 1 amide bonds. The zero-order chi connectivity index (χ0) is 20.4. The molecule has 1 aliphatic rings. The summed E-state index contributed by atoms with van der Waals surface area (Å²) in [5.74, 6) is 0.751. The number of nitrogens with zero attached hydrogens (tertiary/aromatic N) is 5. The van der Waals surface area contributed by atoms with E-state index in [1.165, 1.54) is 11.5 Å². The molecule has 4 heterocycles. The van der Waals surface area contributed by atoms with Crippen LogP contribution >= 0.6 is 11.5 Å². The van der Waals surface area contributed by atoms with E-state index in [1.807, 2.05) is 24.8 Å². The Labute approximate surface area is 174 Å². The minimum absolute atomic E-state index is 0.0390. The van der Waals surface area contributed by atoms with Gasteiger partial charge in [0.05, 0.1) is 5.69 Å². The molecule has 4 rings (SSSR count). The summed E-state index contributed by atoms with van der Waals surface area (Å²) >= 11 is 1.19. The largest absolute Gasteiger partial charge is 0.384 e. The van der Waals surface area contributed by atoms with Crippen LogP contribution < -0.4 is 5.73 Å². The Morgan fingerprint density at radius 3 is 2.93 bits per heavy atom. The summed E-state index contributed by atoms with van der Waals surface area (Å²) in [5, 5.41) is 4.08. The Morgan fingerprint density at radius 2 is 2.17 bits per heavy atom. The zero-order valence-corrected chi connectivity index (χ0v) is 17.4. The predicted molar refractivity (Wildman–Crippen MR) is 114 cm³/mol. The summed E-state index contributed by atoms with van der Waals surface area (Å²) < 4.78 is 3.97. The fourth-order valence-electron chi connectivity index (χ4n) is 3.80. The number of nitrogen functional groups attached to an aromatic ring is 1. The van der Waals surface area contributed by atoms with E-state index in [2.05, 4.69) is 26.7 Å². The van der Waals surface area contributed by atoms with Crippen LogP contribution in [0, 0.1) is 6.92 Å². The lowest BCUT2D eigenvalue weighted by molar-refractivity contribution is 0.0709. The van der Waals surface area contributed by atoms with E-state index >= 15 is 0 Å². The molecule has 3 aromatic heterocycles. The van der Waals surface area contributed by atoms with Crippen LogP contribution in [-0.4, -0.2) is 43.5 Å². The van der Waals surface area contributed by atoms with Crippen LogP contribution in [0.2, 0.25) is 0 Å². The van der Waals surface area contributed by atoms with Crippen molar-refractivity contribution in [2.75, 3.05) is 18.8 Å². The van der Waals surface area contributed by atoms with Crippen molar-refractivity contribution >= 4 is 23.3 Å².